The molecule has 5 nitrogen and oxygen atoms in total. The summed E-state index contributed by atoms with van der Waals surface area (Å²) < 4.78 is 5.55. The van der Waals surface area contributed by atoms with E-state index < -0.39 is 11.5 Å². The van der Waals surface area contributed by atoms with Gasteiger partial charge in [-0.3, -0.25) is 4.79 Å². The smallest absolute Gasteiger partial charge is 0.334 e. The third kappa shape index (κ3) is 3.54. The van der Waals surface area contributed by atoms with Crippen molar-refractivity contribution in [2.45, 2.75) is 52.3 Å². The zero-order valence-corrected chi connectivity index (χ0v) is 13.2. The first-order chi connectivity index (χ1) is 9.73. The van der Waals surface area contributed by atoms with E-state index in [1.165, 1.54) is 11.8 Å². The lowest BCUT2D eigenvalue weighted by atomic mass is 9.89. The minimum Gasteiger partial charge on any atom is -0.491 e. The number of carbonyl (C=O) groups is 2. The molecule has 21 heavy (non-hydrogen) atoms. The van der Waals surface area contributed by atoms with Crippen molar-refractivity contribution in [3.63, 3.8) is 0 Å². The fourth-order valence-corrected chi connectivity index (χ4v) is 2.26. The first kappa shape index (κ1) is 17.0. The summed E-state index contributed by atoms with van der Waals surface area (Å²) in [6, 6.07) is 6.59. The average molecular weight is 293 g/mol. The molecule has 0 radical (unpaired) electrons. The number of amides is 1. The standard InChI is InChI=1S/C16H23NO4/c1-11(2)17(10-18)16(5,15(19)20)13-6-8-14(9-7-13)21-12(3)4/h6-12H,1-5H3,(H,19,20). The highest BCUT2D eigenvalue weighted by Crippen LogP contribution is 2.31. The number of ether oxygens (including phenoxy) is 1. The van der Waals surface area contributed by atoms with Gasteiger partial charge in [0.25, 0.3) is 0 Å². The van der Waals surface area contributed by atoms with E-state index in [1.54, 1.807) is 38.1 Å². The van der Waals surface area contributed by atoms with Gasteiger partial charge in [-0.15, -0.1) is 0 Å². The molecule has 0 aliphatic carbocycles. The Morgan fingerprint density at radius 1 is 1.24 bits per heavy atom. The summed E-state index contributed by atoms with van der Waals surface area (Å²) >= 11 is 0. The first-order valence-corrected chi connectivity index (χ1v) is 6.97. The molecule has 1 rings (SSSR count). The van der Waals surface area contributed by atoms with Crippen molar-refractivity contribution in [2.24, 2.45) is 0 Å². The number of carboxylic acid groups (broad SMARTS) is 1. The zero-order chi connectivity index (χ0) is 16.2. The number of hydrogen-bond acceptors (Lipinski definition) is 3. The summed E-state index contributed by atoms with van der Waals surface area (Å²) in [5.41, 5.74) is -0.876. The number of carbonyl (C=O) groups excluding carboxylic acids is 1. The molecule has 0 spiro atoms. The quantitative estimate of drug-likeness (QED) is 0.785. The van der Waals surface area contributed by atoms with Crippen LogP contribution in [0.5, 0.6) is 5.75 Å². The Morgan fingerprint density at radius 2 is 1.76 bits per heavy atom. The van der Waals surface area contributed by atoms with Gasteiger partial charge in [-0.25, -0.2) is 4.79 Å². The summed E-state index contributed by atoms with van der Waals surface area (Å²) in [6.45, 7) is 8.93. The third-order valence-corrected chi connectivity index (χ3v) is 3.39. The molecule has 0 fully saturated rings. The molecular formula is C16H23NO4. The van der Waals surface area contributed by atoms with Crippen LogP contribution in [0.3, 0.4) is 0 Å². The Balaban J connectivity index is 3.22. The predicted molar refractivity (Wildman–Crippen MR) is 80.2 cm³/mol. The molecule has 116 valence electrons. The van der Waals surface area contributed by atoms with Gasteiger partial charge in [0.15, 0.2) is 5.54 Å². The summed E-state index contributed by atoms with van der Waals surface area (Å²) in [5, 5.41) is 9.62. The van der Waals surface area contributed by atoms with Gasteiger partial charge in [-0.2, -0.15) is 0 Å². The molecule has 0 saturated carbocycles. The molecule has 0 aliphatic heterocycles. The third-order valence-electron chi connectivity index (χ3n) is 3.39. The van der Waals surface area contributed by atoms with Crippen LogP contribution in [0.4, 0.5) is 0 Å². The van der Waals surface area contributed by atoms with Crippen LogP contribution in [-0.4, -0.2) is 34.5 Å². The van der Waals surface area contributed by atoms with Crippen LogP contribution >= 0.6 is 0 Å². The molecule has 0 aromatic heterocycles. The number of nitrogens with zero attached hydrogens (tertiary/aromatic N) is 1. The molecule has 0 bridgehead atoms. The van der Waals surface area contributed by atoms with Crippen LogP contribution < -0.4 is 4.74 Å². The molecule has 5 heteroatoms. The zero-order valence-electron chi connectivity index (χ0n) is 13.2. The molecule has 1 N–H and O–H groups in total. The summed E-state index contributed by atoms with van der Waals surface area (Å²) in [7, 11) is 0. The lowest BCUT2D eigenvalue weighted by Gasteiger charge is -2.38. The normalized spacial score (nSPS) is 13.9. The van der Waals surface area contributed by atoms with Crippen molar-refractivity contribution in [1.29, 1.82) is 0 Å². The second kappa shape index (κ2) is 6.61. The maximum Gasteiger partial charge on any atom is 0.334 e. The van der Waals surface area contributed by atoms with E-state index in [1.807, 2.05) is 13.8 Å². The van der Waals surface area contributed by atoms with Crippen molar-refractivity contribution in [1.82, 2.24) is 4.90 Å². The van der Waals surface area contributed by atoms with Crippen LogP contribution in [0.15, 0.2) is 24.3 Å². The summed E-state index contributed by atoms with van der Waals surface area (Å²) in [4.78, 5) is 24.4. The monoisotopic (exact) mass is 293 g/mol. The fraction of sp³-hybridized carbons (Fsp3) is 0.500. The van der Waals surface area contributed by atoms with Crippen molar-refractivity contribution < 1.29 is 19.4 Å². The lowest BCUT2D eigenvalue weighted by Crippen LogP contribution is -2.52. The Kier molecular flexibility index (Phi) is 5.35. The van der Waals surface area contributed by atoms with Crippen LogP contribution in [0.2, 0.25) is 0 Å². The summed E-state index contributed by atoms with van der Waals surface area (Å²) in [6.07, 6.45) is 0.626. The van der Waals surface area contributed by atoms with Crippen molar-refractivity contribution in [3.05, 3.63) is 29.8 Å². The maximum atomic E-state index is 11.8. The molecule has 1 aromatic carbocycles. The van der Waals surface area contributed by atoms with Crippen LogP contribution in [-0.2, 0) is 15.1 Å². The average Bonchev–Trinajstić information content (AvgIpc) is 2.38. The van der Waals surface area contributed by atoms with Gasteiger partial charge in [0.2, 0.25) is 6.41 Å². The Morgan fingerprint density at radius 3 is 2.10 bits per heavy atom. The second-order valence-corrected chi connectivity index (χ2v) is 5.67. The van der Waals surface area contributed by atoms with E-state index in [-0.39, 0.29) is 12.1 Å². The molecule has 1 unspecified atom stereocenters. The molecule has 1 aromatic rings. The predicted octanol–water partition coefficient (Wildman–Crippen LogP) is 2.64. The van der Waals surface area contributed by atoms with Crippen LogP contribution in [0, 0.1) is 0 Å². The Hall–Kier alpha value is -2.04. The molecule has 0 heterocycles. The van der Waals surface area contributed by atoms with Crippen LogP contribution in [0.1, 0.15) is 40.2 Å². The van der Waals surface area contributed by atoms with E-state index in [2.05, 4.69) is 0 Å². The largest absolute Gasteiger partial charge is 0.491 e. The van der Waals surface area contributed by atoms with Crippen molar-refractivity contribution in [2.75, 3.05) is 0 Å². The highest BCUT2D eigenvalue weighted by molar-refractivity contribution is 5.83. The van der Waals surface area contributed by atoms with Crippen LogP contribution in [0.25, 0.3) is 0 Å². The minimum absolute atomic E-state index is 0.0452. The highest BCUT2D eigenvalue weighted by atomic mass is 16.5. The lowest BCUT2D eigenvalue weighted by molar-refractivity contribution is -0.156. The van der Waals surface area contributed by atoms with E-state index in [4.69, 9.17) is 4.74 Å². The fourth-order valence-electron chi connectivity index (χ4n) is 2.26. The van der Waals surface area contributed by atoms with Gasteiger partial charge in [0, 0.05) is 6.04 Å². The Labute approximate surface area is 125 Å². The van der Waals surface area contributed by atoms with Gasteiger partial charge in [-0.1, -0.05) is 12.1 Å². The summed E-state index contributed by atoms with van der Waals surface area (Å²) in [5.74, 6) is -0.399. The van der Waals surface area contributed by atoms with E-state index in [0.717, 1.165) is 0 Å². The Bertz CT molecular complexity index is 496. The van der Waals surface area contributed by atoms with Gasteiger partial charge in [0.1, 0.15) is 5.75 Å². The SMILES string of the molecule is CC(C)Oc1ccc(C(C)(C(=O)O)N(C=O)C(C)C)cc1. The number of hydrogen-bond donors (Lipinski definition) is 1. The van der Waals surface area contributed by atoms with E-state index in [9.17, 15) is 14.7 Å². The van der Waals surface area contributed by atoms with Crippen molar-refractivity contribution >= 4 is 12.4 Å². The topological polar surface area (TPSA) is 66.8 Å². The number of carboxylic acids is 1. The number of rotatable bonds is 7. The number of aliphatic carboxylic acids is 1. The highest BCUT2D eigenvalue weighted by Gasteiger charge is 2.42. The van der Waals surface area contributed by atoms with Gasteiger partial charge in [0.05, 0.1) is 6.10 Å². The van der Waals surface area contributed by atoms with Gasteiger partial charge in [-0.05, 0) is 52.3 Å². The molecule has 0 saturated heterocycles. The first-order valence-electron chi connectivity index (χ1n) is 6.97. The van der Waals surface area contributed by atoms with Gasteiger partial charge < -0.3 is 14.7 Å². The molecular weight excluding hydrogens is 270 g/mol. The van der Waals surface area contributed by atoms with E-state index in [0.29, 0.717) is 17.7 Å². The van der Waals surface area contributed by atoms with E-state index >= 15 is 0 Å². The molecule has 1 atom stereocenters. The second-order valence-electron chi connectivity index (χ2n) is 5.67. The van der Waals surface area contributed by atoms with Gasteiger partial charge >= 0.3 is 5.97 Å². The number of benzene rings is 1. The minimum atomic E-state index is -1.41. The molecule has 1 amide bonds. The maximum absolute atomic E-state index is 11.8. The van der Waals surface area contributed by atoms with Crippen molar-refractivity contribution in [3.8, 4) is 5.75 Å². The molecule has 0 aliphatic rings.